The van der Waals surface area contributed by atoms with Gasteiger partial charge in [0.15, 0.2) is 0 Å². The summed E-state index contributed by atoms with van der Waals surface area (Å²) >= 11 is 0. The van der Waals surface area contributed by atoms with Gasteiger partial charge in [0.25, 0.3) is 0 Å². The van der Waals surface area contributed by atoms with Gasteiger partial charge < -0.3 is 15.1 Å². The lowest BCUT2D eigenvalue weighted by atomic mass is 9.93. The van der Waals surface area contributed by atoms with Gasteiger partial charge in [-0.25, -0.2) is 9.97 Å². The van der Waals surface area contributed by atoms with Crippen molar-refractivity contribution in [2.45, 2.75) is 25.4 Å². The molecule has 2 aromatic rings. The Balaban J connectivity index is 1.53. The van der Waals surface area contributed by atoms with Gasteiger partial charge in [-0.2, -0.15) is 0 Å². The number of nitrogens with one attached hydrogen (secondary N) is 1. The van der Waals surface area contributed by atoms with Crippen molar-refractivity contribution in [1.82, 2.24) is 19.8 Å². The molecule has 0 radical (unpaired) electrons. The molecule has 4 rings (SSSR count). The predicted octanol–water partition coefficient (Wildman–Crippen LogP) is 2.10. The van der Waals surface area contributed by atoms with Crippen LogP contribution in [0.1, 0.15) is 29.3 Å². The van der Waals surface area contributed by atoms with E-state index in [-0.39, 0.29) is 17.9 Å². The molecule has 26 heavy (non-hydrogen) atoms. The summed E-state index contributed by atoms with van der Waals surface area (Å²) in [5.41, 5.74) is 3.52. The number of carbonyl (C=O) groups is 1. The quantitative estimate of drug-likeness (QED) is 0.914. The molecule has 0 saturated carbocycles. The molecule has 6 nitrogen and oxygen atoms in total. The summed E-state index contributed by atoms with van der Waals surface area (Å²) in [6, 6.07) is 10.4. The van der Waals surface area contributed by atoms with E-state index in [0.29, 0.717) is 6.42 Å². The van der Waals surface area contributed by atoms with Crippen molar-refractivity contribution in [3.8, 4) is 0 Å². The molecule has 0 aliphatic carbocycles. The SMILES string of the molecule is CN1CCc2ncnc(NC[C@@H]3CC(=O)N(C)[C@H]3c3ccccc3)c2C1. The minimum Gasteiger partial charge on any atom is -0.369 e. The zero-order valence-corrected chi connectivity index (χ0v) is 15.4. The molecular formula is C20H25N5O. The zero-order chi connectivity index (χ0) is 18.1. The molecule has 2 aliphatic rings. The average molecular weight is 351 g/mol. The fourth-order valence-electron chi connectivity index (χ4n) is 4.14. The highest BCUT2D eigenvalue weighted by atomic mass is 16.2. The van der Waals surface area contributed by atoms with Crippen molar-refractivity contribution in [2.24, 2.45) is 5.92 Å². The van der Waals surface area contributed by atoms with Gasteiger partial charge in [0.1, 0.15) is 12.1 Å². The molecule has 3 heterocycles. The number of nitrogens with zero attached hydrogens (tertiary/aromatic N) is 4. The van der Waals surface area contributed by atoms with Gasteiger partial charge in [0.2, 0.25) is 5.91 Å². The molecule has 1 aromatic carbocycles. The Labute approximate surface area is 154 Å². The van der Waals surface area contributed by atoms with Crippen molar-refractivity contribution >= 4 is 11.7 Å². The molecule has 1 aromatic heterocycles. The number of benzene rings is 1. The molecule has 2 atom stereocenters. The maximum atomic E-state index is 12.3. The molecule has 1 saturated heterocycles. The van der Waals surface area contributed by atoms with Crippen LogP contribution in [-0.2, 0) is 17.8 Å². The van der Waals surface area contributed by atoms with E-state index in [0.717, 1.165) is 37.6 Å². The normalized spacial score (nSPS) is 23.2. The van der Waals surface area contributed by atoms with Gasteiger partial charge >= 0.3 is 0 Å². The monoisotopic (exact) mass is 351 g/mol. The number of aromatic nitrogens is 2. The van der Waals surface area contributed by atoms with Gasteiger partial charge in [-0.15, -0.1) is 0 Å². The smallest absolute Gasteiger partial charge is 0.223 e. The van der Waals surface area contributed by atoms with Crippen LogP contribution in [0.4, 0.5) is 5.82 Å². The van der Waals surface area contributed by atoms with Crippen LogP contribution >= 0.6 is 0 Å². The molecule has 0 unspecified atom stereocenters. The van der Waals surface area contributed by atoms with Gasteiger partial charge in [-0.1, -0.05) is 30.3 Å². The molecule has 0 bridgehead atoms. The van der Waals surface area contributed by atoms with Gasteiger partial charge in [-0.3, -0.25) is 4.79 Å². The Bertz CT molecular complexity index is 794. The highest BCUT2D eigenvalue weighted by Gasteiger charge is 2.38. The first-order valence-electron chi connectivity index (χ1n) is 9.19. The average Bonchev–Trinajstić information content (AvgIpc) is 2.94. The molecule has 1 N–H and O–H groups in total. The number of anilines is 1. The van der Waals surface area contributed by atoms with E-state index in [2.05, 4.69) is 39.4 Å². The fraction of sp³-hybridized carbons (Fsp3) is 0.450. The van der Waals surface area contributed by atoms with Crippen molar-refractivity contribution < 1.29 is 4.79 Å². The van der Waals surface area contributed by atoms with Crippen LogP contribution < -0.4 is 5.32 Å². The van der Waals surface area contributed by atoms with Gasteiger partial charge in [0, 0.05) is 51.0 Å². The number of fused-ring (bicyclic) bond motifs is 1. The Hall–Kier alpha value is -2.47. The summed E-state index contributed by atoms with van der Waals surface area (Å²) in [7, 11) is 4.03. The number of hydrogen-bond acceptors (Lipinski definition) is 5. The van der Waals surface area contributed by atoms with E-state index >= 15 is 0 Å². The molecule has 1 amide bonds. The van der Waals surface area contributed by atoms with Gasteiger partial charge in [-0.05, 0) is 12.6 Å². The van der Waals surface area contributed by atoms with Crippen LogP contribution in [-0.4, -0.2) is 52.9 Å². The third-order valence-corrected chi connectivity index (χ3v) is 5.56. The number of carbonyl (C=O) groups excluding carboxylic acids is 1. The highest BCUT2D eigenvalue weighted by molar-refractivity contribution is 5.79. The summed E-state index contributed by atoms with van der Waals surface area (Å²) in [4.78, 5) is 25.4. The van der Waals surface area contributed by atoms with Crippen molar-refractivity contribution in [1.29, 1.82) is 0 Å². The van der Waals surface area contributed by atoms with Gasteiger partial charge in [0.05, 0.1) is 11.7 Å². The van der Waals surface area contributed by atoms with E-state index in [9.17, 15) is 4.79 Å². The van der Waals surface area contributed by atoms with Crippen LogP contribution in [0.5, 0.6) is 0 Å². The van der Waals surface area contributed by atoms with E-state index < -0.39 is 0 Å². The Morgan fingerprint density at radius 1 is 1.19 bits per heavy atom. The second-order valence-corrected chi connectivity index (χ2v) is 7.34. The molecule has 6 heteroatoms. The summed E-state index contributed by atoms with van der Waals surface area (Å²) in [6.07, 6.45) is 3.17. The fourth-order valence-corrected chi connectivity index (χ4v) is 4.14. The van der Waals surface area contributed by atoms with E-state index in [4.69, 9.17) is 0 Å². The van der Waals surface area contributed by atoms with Crippen molar-refractivity contribution in [3.63, 3.8) is 0 Å². The van der Waals surface area contributed by atoms with Crippen LogP contribution in [0, 0.1) is 5.92 Å². The first-order chi connectivity index (χ1) is 12.6. The first kappa shape index (κ1) is 17.0. The van der Waals surface area contributed by atoms with E-state index in [1.807, 2.05) is 30.1 Å². The lowest BCUT2D eigenvalue weighted by Crippen LogP contribution is -2.30. The predicted molar refractivity (Wildman–Crippen MR) is 101 cm³/mol. The van der Waals surface area contributed by atoms with Crippen molar-refractivity contribution in [3.05, 3.63) is 53.5 Å². The third-order valence-electron chi connectivity index (χ3n) is 5.56. The highest BCUT2D eigenvalue weighted by Crippen LogP contribution is 2.37. The number of amides is 1. The number of hydrogen-bond donors (Lipinski definition) is 1. The maximum Gasteiger partial charge on any atom is 0.223 e. The number of likely N-dealkylation sites (N-methyl/N-ethyl adjacent to an activating group) is 1. The molecule has 2 aliphatic heterocycles. The Morgan fingerprint density at radius 3 is 2.81 bits per heavy atom. The third kappa shape index (κ3) is 3.17. The number of rotatable bonds is 4. The topological polar surface area (TPSA) is 61.4 Å². The maximum absolute atomic E-state index is 12.3. The molecular weight excluding hydrogens is 326 g/mol. The Kier molecular flexibility index (Phi) is 4.59. The second kappa shape index (κ2) is 7.03. The number of likely N-dealkylation sites (tertiary alicyclic amines) is 1. The van der Waals surface area contributed by atoms with E-state index in [1.54, 1.807) is 6.33 Å². The first-order valence-corrected chi connectivity index (χ1v) is 9.19. The van der Waals surface area contributed by atoms with E-state index in [1.165, 1.54) is 11.1 Å². The molecule has 136 valence electrons. The summed E-state index contributed by atoms with van der Waals surface area (Å²) in [5, 5.41) is 3.52. The summed E-state index contributed by atoms with van der Waals surface area (Å²) in [5.74, 6) is 1.34. The van der Waals surface area contributed by atoms with Crippen LogP contribution in [0.15, 0.2) is 36.7 Å². The summed E-state index contributed by atoms with van der Waals surface area (Å²) < 4.78 is 0. The minimum absolute atomic E-state index is 0.108. The second-order valence-electron chi connectivity index (χ2n) is 7.34. The standard InChI is InChI=1S/C20H25N5O/c1-24-9-8-17-16(12-24)20(23-13-22-17)21-11-15-10-18(26)25(2)19(15)14-6-4-3-5-7-14/h3-7,13,15,19H,8-12H2,1-2H3,(H,21,22,23)/t15-,19-/m0/s1. The molecule has 1 fully saturated rings. The lowest BCUT2D eigenvalue weighted by molar-refractivity contribution is -0.127. The van der Waals surface area contributed by atoms with Crippen LogP contribution in [0.2, 0.25) is 0 Å². The van der Waals surface area contributed by atoms with Crippen LogP contribution in [0.3, 0.4) is 0 Å². The van der Waals surface area contributed by atoms with Crippen molar-refractivity contribution in [2.75, 3.05) is 32.5 Å². The summed E-state index contributed by atoms with van der Waals surface area (Å²) in [6.45, 7) is 2.62. The largest absolute Gasteiger partial charge is 0.369 e. The zero-order valence-electron chi connectivity index (χ0n) is 15.4. The Morgan fingerprint density at radius 2 is 2.00 bits per heavy atom. The minimum atomic E-state index is 0.108. The lowest BCUT2D eigenvalue weighted by Gasteiger charge is -2.28. The molecule has 0 spiro atoms. The van der Waals surface area contributed by atoms with Crippen LogP contribution in [0.25, 0.3) is 0 Å².